The number of carbonyl (C=O) groups excluding carboxylic acids is 2. The van der Waals surface area contributed by atoms with Gasteiger partial charge in [0.1, 0.15) is 0 Å². The van der Waals surface area contributed by atoms with Gasteiger partial charge in [0.25, 0.3) is 11.8 Å². The lowest BCUT2D eigenvalue weighted by Gasteiger charge is -2.15. The molecule has 0 N–H and O–H groups in total. The molecule has 1 aliphatic heterocycles. The van der Waals surface area contributed by atoms with Crippen molar-refractivity contribution in [2.75, 3.05) is 0 Å². The van der Waals surface area contributed by atoms with Crippen molar-refractivity contribution in [3.8, 4) is 0 Å². The Morgan fingerprint density at radius 2 is 1.50 bits per heavy atom. The van der Waals surface area contributed by atoms with E-state index in [1.54, 1.807) is 24.3 Å². The second-order valence-corrected chi connectivity index (χ2v) is 5.17. The van der Waals surface area contributed by atoms with Crippen LogP contribution in [0.25, 0.3) is 0 Å². The van der Waals surface area contributed by atoms with Crippen molar-refractivity contribution >= 4 is 11.8 Å². The fraction of sp³-hybridized carbons (Fsp3) is 0.176. The van der Waals surface area contributed by atoms with E-state index >= 15 is 0 Å². The second kappa shape index (κ2) is 4.60. The van der Waals surface area contributed by atoms with Crippen LogP contribution in [0.2, 0.25) is 0 Å². The molecule has 0 radical (unpaired) electrons. The third kappa shape index (κ3) is 1.92. The highest BCUT2D eigenvalue weighted by atomic mass is 16.2. The molecular weight excluding hydrogens is 250 g/mol. The SMILES string of the molecule is Cc1ccc(CN2C(=O)c3ccccc3C2=O)c(C)c1. The van der Waals surface area contributed by atoms with Crippen molar-refractivity contribution in [3.05, 3.63) is 70.3 Å². The van der Waals surface area contributed by atoms with Gasteiger partial charge in [-0.05, 0) is 37.1 Å². The molecule has 100 valence electrons. The molecule has 3 heteroatoms. The Labute approximate surface area is 117 Å². The zero-order valence-electron chi connectivity index (χ0n) is 11.5. The van der Waals surface area contributed by atoms with E-state index in [2.05, 4.69) is 6.07 Å². The Hall–Kier alpha value is -2.42. The maximum absolute atomic E-state index is 12.3. The van der Waals surface area contributed by atoms with Gasteiger partial charge < -0.3 is 0 Å². The van der Waals surface area contributed by atoms with Crippen LogP contribution in [0.1, 0.15) is 37.4 Å². The minimum Gasteiger partial charge on any atom is -0.270 e. The van der Waals surface area contributed by atoms with Crippen LogP contribution in [0.4, 0.5) is 0 Å². The fourth-order valence-corrected chi connectivity index (χ4v) is 2.58. The van der Waals surface area contributed by atoms with Crippen molar-refractivity contribution in [1.82, 2.24) is 4.90 Å². The van der Waals surface area contributed by atoms with Gasteiger partial charge >= 0.3 is 0 Å². The Morgan fingerprint density at radius 3 is 2.05 bits per heavy atom. The number of amides is 2. The summed E-state index contributed by atoms with van der Waals surface area (Å²) < 4.78 is 0. The zero-order chi connectivity index (χ0) is 14.3. The Balaban J connectivity index is 1.94. The number of nitrogens with zero attached hydrogens (tertiary/aromatic N) is 1. The topological polar surface area (TPSA) is 37.4 Å². The van der Waals surface area contributed by atoms with E-state index < -0.39 is 0 Å². The van der Waals surface area contributed by atoms with Gasteiger partial charge in [0.05, 0.1) is 17.7 Å². The van der Waals surface area contributed by atoms with Crippen molar-refractivity contribution in [2.24, 2.45) is 0 Å². The molecule has 3 nitrogen and oxygen atoms in total. The minimum absolute atomic E-state index is 0.203. The number of benzene rings is 2. The van der Waals surface area contributed by atoms with Gasteiger partial charge in [-0.1, -0.05) is 35.9 Å². The zero-order valence-corrected chi connectivity index (χ0v) is 11.5. The van der Waals surface area contributed by atoms with Crippen LogP contribution in [0.5, 0.6) is 0 Å². The van der Waals surface area contributed by atoms with E-state index in [0.29, 0.717) is 17.7 Å². The predicted octanol–water partition coefficient (Wildman–Crippen LogP) is 3.10. The van der Waals surface area contributed by atoms with Gasteiger partial charge in [0, 0.05) is 0 Å². The molecule has 0 fully saturated rings. The molecule has 3 rings (SSSR count). The molecule has 2 aromatic rings. The highest BCUT2D eigenvalue weighted by Crippen LogP contribution is 2.25. The number of fused-ring (bicyclic) bond motifs is 1. The van der Waals surface area contributed by atoms with Gasteiger partial charge in [-0.15, -0.1) is 0 Å². The molecule has 0 aliphatic carbocycles. The first-order valence-electron chi connectivity index (χ1n) is 6.59. The molecule has 0 aromatic heterocycles. The number of imide groups is 1. The number of carbonyl (C=O) groups is 2. The van der Waals surface area contributed by atoms with Crippen LogP contribution in [-0.2, 0) is 6.54 Å². The molecule has 0 saturated heterocycles. The van der Waals surface area contributed by atoms with Gasteiger partial charge in [0.15, 0.2) is 0 Å². The molecule has 1 aliphatic rings. The van der Waals surface area contributed by atoms with Crippen LogP contribution in [-0.4, -0.2) is 16.7 Å². The summed E-state index contributed by atoms with van der Waals surface area (Å²) in [6.07, 6.45) is 0. The van der Waals surface area contributed by atoms with E-state index in [1.807, 2.05) is 26.0 Å². The third-order valence-electron chi connectivity index (χ3n) is 3.70. The average Bonchev–Trinajstić information content (AvgIpc) is 2.67. The van der Waals surface area contributed by atoms with Crippen molar-refractivity contribution in [1.29, 1.82) is 0 Å². The Kier molecular flexibility index (Phi) is 2.90. The number of aryl methyl sites for hydroxylation is 2. The van der Waals surface area contributed by atoms with E-state index in [4.69, 9.17) is 0 Å². The molecule has 0 atom stereocenters. The van der Waals surface area contributed by atoms with Crippen LogP contribution in [0, 0.1) is 13.8 Å². The lowest BCUT2D eigenvalue weighted by molar-refractivity contribution is 0.0642. The molecular formula is C17H15NO2. The molecule has 1 heterocycles. The van der Waals surface area contributed by atoms with Gasteiger partial charge in [0.2, 0.25) is 0 Å². The van der Waals surface area contributed by atoms with Gasteiger partial charge in [-0.3, -0.25) is 14.5 Å². The van der Waals surface area contributed by atoms with Crippen LogP contribution in [0.3, 0.4) is 0 Å². The summed E-state index contributed by atoms with van der Waals surface area (Å²) >= 11 is 0. The van der Waals surface area contributed by atoms with E-state index in [0.717, 1.165) is 11.1 Å². The number of hydrogen-bond acceptors (Lipinski definition) is 2. The second-order valence-electron chi connectivity index (χ2n) is 5.17. The molecule has 2 amide bonds. The van der Waals surface area contributed by atoms with Crippen LogP contribution in [0.15, 0.2) is 42.5 Å². The largest absolute Gasteiger partial charge is 0.270 e. The monoisotopic (exact) mass is 265 g/mol. The Bertz CT molecular complexity index is 684. The lowest BCUT2D eigenvalue weighted by Crippen LogP contribution is -2.29. The molecule has 20 heavy (non-hydrogen) atoms. The molecule has 2 aromatic carbocycles. The van der Waals surface area contributed by atoms with E-state index in [9.17, 15) is 9.59 Å². The first-order chi connectivity index (χ1) is 9.58. The van der Waals surface area contributed by atoms with Crippen molar-refractivity contribution < 1.29 is 9.59 Å². The van der Waals surface area contributed by atoms with E-state index in [-0.39, 0.29) is 11.8 Å². The normalized spacial score (nSPS) is 13.8. The summed E-state index contributed by atoms with van der Waals surface area (Å²) in [4.78, 5) is 25.9. The average molecular weight is 265 g/mol. The summed E-state index contributed by atoms with van der Waals surface area (Å²) in [7, 11) is 0. The summed E-state index contributed by atoms with van der Waals surface area (Å²) in [5.41, 5.74) is 4.28. The van der Waals surface area contributed by atoms with Crippen molar-refractivity contribution in [3.63, 3.8) is 0 Å². The van der Waals surface area contributed by atoms with Crippen LogP contribution >= 0.6 is 0 Å². The highest BCUT2D eigenvalue weighted by molar-refractivity contribution is 6.21. The summed E-state index contributed by atoms with van der Waals surface area (Å²) in [6.45, 7) is 4.36. The van der Waals surface area contributed by atoms with Crippen LogP contribution < -0.4 is 0 Å². The first kappa shape index (κ1) is 12.6. The van der Waals surface area contributed by atoms with E-state index in [1.165, 1.54) is 10.5 Å². The molecule has 0 unspecified atom stereocenters. The number of rotatable bonds is 2. The fourth-order valence-electron chi connectivity index (χ4n) is 2.58. The van der Waals surface area contributed by atoms with Gasteiger partial charge in [-0.2, -0.15) is 0 Å². The predicted molar refractivity (Wildman–Crippen MR) is 76.6 cm³/mol. The highest BCUT2D eigenvalue weighted by Gasteiger charge is 2.35. The smallest absolute Gasteiger partial charge is 0.261 e. The molecule has 0 spiro atoms. The molecule has 0 bridgehead atoms. The summed E-state index contributed by atoms with van der Waals surface area (Å²) in [5.74, 6) is -0.406. The Morgan fingerprint density at radius 1 is 0.900 bits per heavy atom. The summed E-state index contributed by atoms with van der Waals surface area (Å²) in [5, 5.41) is 0. The van der Waals surface area contributed by atoms with Gasteiger partial charge in [-0.25, -0.2) is 0 Å². The third-order valence-corrected chi connectivity index (χ3v) is 3.70. The lowest BCUT2D eigenvalue weighted by atomic mass is 10.1. The minimum atomic E-state index is -0.203. The maximum Gasteiger partial charge on any atom is 0.261 e. The standard InChI is InChI=1S/C17H15NO2/c1-11-7-8-13(12(2)9-11)10-18-16(19)14-5-3-4-6-15(14)17(18)20/h3-9H,10H2,1-2H3. The first-order valence-corrected chi connectivity index (χ1v) is 6.59. The number of hydrogen-bond donors (Lipinski definition) is 0. The quantitative estimate of drug-likeness (QED) is 0.782. The van der Waals surface area contributed by atoms with Crippen molar-refractivity contribution in [2.45, 2.75) is 20.4 Å². The maximum atomic E-state index is 12.3. The summed E-state index contributed by atoms with van der Waals surface area (Å²) in [6, 6.07) is 13.0. The molecule has 0 saturated carbocycles.